The molecule has 0 bridgehead atoms. The van der Waals surface area contributed by atoms with E-state index in [0.717, 1.165) is 21.7 Å². The Morgan fingerprint density at radius 1 is 1.14 bits per heavy atom. The van der Waals surface area contributed by atoms with Crippen molar-refractivity contribution in [3.63, 3.8) is 0 Å². The van der Waals surface area contributed by atoms with Crippen LogP contribution in [0.1, 0.15) is 34.5 Å². The summed E-state index contributed by atoms with van der Waals surface area (Å²) in [4.78, 5) is 19.2. The topological polar surface area (TPSA) is 53.4 Å². The molecule has 0 atom stereocenters. The Kier molecular flexibility index (Phi) is 5.23. The summed E-state index contributed by atoms with van der Waals surface area (Å²) >= 11 is 7.38. The third-order valence-electron chi connectivity index (χ3n) is 5.34. The summed E-state index contributed by atoms with van der Waals surface area (Å²) in [6.45, 7) is 3.04. The van der Waals surface area contributed by atoms with E-state index in [1.165, 1.54) is 11.3 Å². The smallest absolute Gasteiger partial charge is 0.273 e. The van der Waals surface area contributed by atoms with Crippen LogP contribution in [0.4, 0.5) is 0 Å². The Labute approximate surface area is 173 Å². The normalized spacial score (nSPS) is 16.2. The number of likely N-dealkylation sites (tertiary alicyclic amines) is 1. The number of rotatable bonds is 3. The van der Waals surface area contributed by atoms with Gasteiger partial charge in [0.15, 0.2) is 0 Å². The minimum Gasteiger partial charge on any atom is -0.385 e. The molecule has 1 aliphatic rings. The first kappa shape index (κ1) is 19.1. The molecule has 0 spiro atoms. The van der Waals surface area contributed by atoms with Gasteiger partial charge in [-0.1, -0.05) is 48.0 Å². The van der Waals surface area contributed by atoms with E-state index in [2.05, 4.69) is 4.98 Å². The van der Waals surface area contributed by atoms with E-state index in [0.29, 0.717) is 36.6 Å². The lowest BCUT2D eigenvalue weighted by molar-refractivity contribution is -0.0216. The van der Waals surface area contributed by atoms with Crippen LogP contribution >= 0.6 is 22.9 Å². The van der Waals surface area contributed by atoms with E-state index in [4.69, 9.17) is 11.6 Å². The number of carbonyl (C=O) groups excluding carboxylic acids is 1. The maximum Gasteiger partial charge on any atom is 0.273 e. The fraction of sp³-hybridized carbons (Fsp3) is 0.273. The predicted molar refractivity (Wildman–Crippen MR) is 113 cm³/mol. The number of hydrogen-bond donors (Lipinski definition) is 1. The molecule has 0 radical (unpaired) electrons. The fourth-order valence-electron chi connectivity index (χ4n) is 3.70. The van der Waals surface area contributed by atoms with Crippen molar-refractivity contribution in [2.45, 2.75) is 25.4 Å². The summed E-state index contributed by atoms with van der Waals surface area (Å²) in [5, 5.41) is 14.4. The first-order valence-corrected chi connectivity index (χ1v) is 10.5. The number of aryl methyl sites for hydroxylation is 1. The van der Waals surface area contributed by atoms with Crippen LogP contribution in [-0.4, -0.2) is 34.0 Å². The molecule has 2 heterocycles. The first-order chi connectivity index (χ1) is 13.5. The van der Waals surface area contributed by atoms with Gasteiger partial charge >= 0.3 is 0 Å². The van der Waals surface area contributed by atoms with Gasteiger partial charge in [0, 0.05) is 29.1 Å². The van der Waals surface area contributed by atoms with Crippen LogP contribution < -0.4 is 0 Å². The number of aromatic nitrogens is 1. The maximum atomic E-state index is 12.9. The third-order valence-corrected chi connectivity index (χ3v) is 6.48. The van der Waals surface area contributed by atoms with Gasteiger partial charge < -0.3 is 10.0 Å². The summed E-state index contributed by atoms with van der Waals surface area (Å²) in [5.41, 5.74) is 2.56. The van der Waals surface area contributed by atoms with Crippen LogP contribution in [-0.2, 0) is 5.60 Å². The molecule has 4 rings (SSSR count). The van der Waals surface area contributed by atoms with Crippen LogP contribution in [0.15, 0.2) is 53.9 Å². The number of piperidine rings is 1. The zero-order chi connectivity index (χ0) is 19.7. The number of nitrogens with zero attached hydrogens (tertiary/aromatic N) is 2. The fourth-order valence-corrected chi connectivity index (χ4v) is 4.63. The minimum atomic E-state index is -0.876. The largest absolute Gasteiger partial charge is 0.385 e. The highest BCUT2D eigenvalue weighted by Gasteiger charge is 2.36. The van der Waals surface area contributed by atoms with Gasteiger partial charge in [-0.2, -0.15) is 0 Å². The lowest BCUT2D eigenvalue weighted by Gasteiger charge is -2.39. The van der Waals surface area contributed by atoms with Gasteiger partial charge in [0.05, 0.1) is 5.60 Å². The molecule has 6 heteroatoms. The molecule has 3 aromatic rings. The summed E-state index contributed by atoms with van der Waals surface area (Å²) in [7, 11) is 0. The van der Waals surface area contributed by atoms with Gasteiger partial charge in [-0.05, 0) is 43.0 Å². The van der Waals surface area contributed by atoms with E-state index in [-0.39, 0.29) is 5.91 Å². The third kappa shape index (κ3) is 3.70. The minimum absolute atomic E-state index is 0.0803. The Balaban J connectivity index is 1.46. The molecule has 0 unspecified atom stereocenters. The van der Waals surface area contributed by atoms with Crippen LogP contribution in [0, 0.1) is 6.92 Å². The number of halogens is 1. The van der Waals surface area contributed by atoms with Crippen molar-refractivity contribution >= 4 is 28.8 Å². The van der Waals surface area contributed by atoms with E-state index in [1.54, 1.807) is 10.3 Å². The molecular weight excluding hydrogens is 392 g/mol. The van der Waals surface area contributed by atoms with Crippen molar-refractivity contribution in [3.8, 4) is 10.6 Å². The second kappa shape index (κ2) is 7.66. The van der Waals surface area contributed by atoms with Crippen molar-refractivity contribution < 1.29 is 9.90 Å². The van der Waals surface area contributed by atoms with Crippen LogP contribution in [0.3, 0.4) is 0 Å². The number of carbonyl (C=O) groups is 1. The molecule has 1 aromatic heterocycles. The van der Waals surface area contributed by atoms with Gasteiger partial charge in [-0.3, -0.25) is 4.79 Å². The molecule has 1 amide bonds. The Bertz CT molecular complexity index is 992. The summed E-state index contributed by atoms with van der Waals surface area (Å²) in [6, 6.07) is 15.3. The number of thiazole rings is 1. The average Bonchev–Trinajstić information content (AvgIpc) is 3.19. The van der Waals surface area contributed by atoms with Gasteiger partial charge in [-0.25, -0.2) is 4.98 Å². The standard InChI is InChI=1S/C22H21ClN2O2S/c1-15-4-2-3-5-18(15)22(27)10-12-25(13-11-22)21(26)19-14-28-20(24-19)16-6-8-17(23)9-7-16/h2-9,14,27H,10-13H2,1H3. The van der Waals surface area contributed by atoms with E-state index < -0.39 is 5.60 Å². The van der Waals surface area contributed by atoms with Gasteiger partial charge in [0.2, 0.25) is 0 Å². The van der Waals surface area contributed by atoms with Gasteiger partial charge in [0.25, 0.3) is 5.91 Å². The van der Waals surface area contributed by atoms with Crippen molar-refractivity contribution in [3.05, 3.63) is 75.8 Å². The molecule has 0 saturated carbocycles. The average molecular weight is 413 g/mol. The van der Waals surface area contributed by atoms with Crippen LogP contribution in [0.2, 0.25) is 5.02 Å². The molecule has 1 N–H and O–H groups in total. The highest BCUT2D eigenvalue weighted by Crippen LogP contribution is 2.35. The van der Waals surface area contributed by atoms with E-state index >= 15 is 0 Å². The molecular formula is C22H21ClN2O2S. The predicted octanol–water partition coefficient (Wildman–Crippen LogP) is 4.90. The van der Waals surface area contributed by atoms with Crippen molar-refractivity contribution in [2.75, 3.05) is 13.1 Å². The highest BCUT2D eigenvalue weighted by molar-refractivity contribution is 7.13. The highest BCUT2D eigenvalue weighted by atomic mass is 35.5. The summed E-state index contributed by atoms with van der Waals surface area (Å²) in [5.74, 6) is -0.0803. The van der Waals surface area contributed by atoms with E-state index in [9.17, 15) is 9.90 Å². The zero-order valence-corrected chi connectivity index (χ0v) is 17.1. The quantitative estimate of drug-likeness (QED) is 0.665. The van der Waals surface area contributed by atoms with Crippen molar-refractivity contribution in [1.29, 1.82) is 0 Å². The SMILES string of the molecule is Cc1ccccc1C1(O)CCN(C(=O)c2csc(-c3ccc(Cl)cc3)n2)CC1. The Morgan fingerprint density at radius 3 is 2.50 bits per heavy atom. The molecule has 0 aliphatic carbocycles. The second-order valence-electron chi connectivity index (χ2n) is 7.18. The van der Waals surface area contributed by atoms with E-state index in [1.807, 2.05) is 55.5 Å². The summed E-state index contributed by atoms with van der Waals surface area (Å²) < 4.78 is 0. The monoisotopic (exact) mass is 412 g/mol. The number of benzene rings is 2. The van der Waals surface area contributed by atoms with Crippen molar-refractivity contribution in [2.24, 2.45) is 0 Å². The Morgan fingerprint density at radius 2 is 1.82 bits per heavy atom. The molecule has 4 nitrogen and oxygen atoms in total. The Hall–Kier alpha value is -2.21. The van der Waals surface area contributed by atoms with Gasteiger partial charge in [-0.15, -0.1) is 11.3 Å². The van der Waals surface area contributed by atoms with Gasteiger partial charge in [0.1, 0.15) is 10.7 Å². The second-order valence-corrected chi connectivity index (χ2v) is 8.48. The zero-order valence-electron chi connectivity index (χ0n) is 15.6. The molecule has 144 valence electrons. The number of aliphatic hydroxyl groups is 1. The lowest BCUT2D eigenvalue weighted by Crippen LogP contribution is -2.45. The number of hydrogen-bond acceptors (Lipinski definition) is 4. The van der Waals surface area contributed by atoms with Crippen LogP contribution in [0.5, 0.6) is 0 Å². The van der Waals surface area contributed by atoms with Crippen LogP contribution in [0.25, 0.3) is 10.6 Å². The molecule has 1 fully saturated rings. The van der Waals surface area contributed by atoms with Crippen molar-refractivity contribution in [1.82, 2.24) is 9.88 Å². The molecule has 1 saturated heterocycles. The molecule has 1 aliphatic heterocycles. The lowest BCUT2D eigenvalue weighted by atomic mass is 9.82. The molecule has 28 heavy (non-hydrogen) atoms. The molecule has 2 aromatic carbocycles. The number of amides is 1. The maximum absolute atomic E-state index is 12.9. The first-order valence-electron chi connectivity index (χ1n) is 9.25. The summed E-state index contributed by atoms with van der Waals surface area (Å²) in [6.07, 6.45) is 1.05.